The van der Waals surface area contributed by atoms with Crippen LogP contribution < -0.4 is 0 Å². The van der Waals surface area contributed by atoms with E-state index < -0.39 is 0 Å². The van der Waals surface area contributed by atoms with Gasteiger partial charge >= 0.3 is 0 Å². The zero-order valence-corrected chi connectivity index (χ0v) is 20.3. The van der Waals surface area contributed by atoms with Gasteiger partial charge in [0.05, 0.1) is 20.6 Å². The normalized spacial score (nSPS) is 13.2. The Morgan fingerprint density at radius 3 is 1.07 bits per heavy atom. The number of rotatable bonds is 22. The third-order valence-electron chi connectivity index (χ3n) is 6.13. The van der Waals surface area contributed by atoms with E-state index in [0.717, 1.165) is 6.54 Å². The van der Waals surface area contributed by atoms with Crippen molar-refractivity contribution in [1.29, 1.82) is 0 Å². The molecule has 0 N–H and O–H groups in total. The standard InChI is InChI=1S/C26H55NO/c1-5-7-9-11-13-15-16-18-20-22-24-26(25-27(3,4)28)23-21-19-17-14-12-10-8-6-2/h26H,5-25H2,1-4H3. The Kier molecular flexibility index (Phi) is 20.1. The zero-order chi connectivity index (χ0) is 20.9. The zero-order valence-electron chi connectivity index (χ0n) is 20.3. The van der Waals surface area contributed by atoms with Crippen molar-refractivity contribution in [2.24, 2.45) is 5.92 Å². The summed E-state index contributed by atoms with van der Waals surface area (Å²) >= 11 is 0. The van der Waals surface area contributed by atoms with Crippen molar-refractivity contribution in [3.8, 4) is 0 Å². The van der Waals surface area contributed by atoms with Crippen molar-refractivity contribution in [2.75, 3.05) is 20.6 Å². The van der Waals surface area contributed by atoms with Gasteiger partial charge < -0.3 is 9.85 Å². The highest BCUT2D eigenvalue weighted by Crippen LogP contribution is 2.22. The van der Waals surface area contributed by atoms with Crippen LogP contribution >= 0.6 is 0 Å². The smallest absolute Gasteiger partial charge is 0.0808 e. The summed E-state index contributed by atoms with van der Waals surface area (Å²) in [6, 6.07) is 0. The van der Waals surface area contributed by atoms with E-state index in [-0.39, 0.29) is 4.65 Å². The predicted molar refractivity (Wildman–Crippen MR) is 128 cm³/mol. The van der Waals surface area contributed by atoms with E-state index in [1.807, 2.05) is 14.1 Å². The van der Waals surface area contributed by atoms with E-state index in [9.17, 15) is 5.21 Å². The fourth-order valence-electron chi connectivity index (χ4n) is 4.44. The molecule has 0 bridgehead atoms. The minimum atomic E-state index is -0.112. The van der Waals surface area contributed by atoms with Gasteiger partial charge in [-0.3, -0.25) is 0 Å². The molecule has 0 aromatic carbocycles. The molecular formula is C26H55NO. The van der Waals surface area contributed by atoms with Gasteiger partial charge in [-0.15, -0.1) is 0 Å². The van der Waals surface area contributed by atoms with Crippen LogP contribution in [0.5, 0.6) is 0 Å². The summed E-state index contributed by atoms with van der Waals surface area (Å²) in [5.41, 5.74) is 0. The van der Waals surface area contributed by atoms with Gasteiger partial charge in [0.25, 0.3) is 0 Å². The molecule has 170 valence electrons. The molecule has 2 nitrogen and oxygen atoms in total. The molecule has 1 atom stereocenters. The summed E-state index contributed by atoms with van der Waals surface area (Å²) < 4.78 is -0.112. The van der Waals surface area contributed by atoms with Crippen LogP contribution in [0.15, 0.2) is 0 Å². The Morgan fingerprint density at radius 2 is 0.786 bits per heavy atom. The molecule has 0 saturated heterocycles. The van der Waals surface area contributed by atoms with Crippen molar-refractivity contribution in [2.45, 2.75) is 142 Å². The fraction of sp³-hybridized carbons (Fsp3) is 1.00. The summed E-state index contributed by atoms with van der Waals surface area (Å²) in [5, 5.41) is 12.2. The molecule has 0 aliphatic rings. The molecule has 0 aliphatic heterocycles. The van der Waals surface area contributed by atoms with Crippen molar-refractivity contribution in [1.82, 2.24) is 0 Å². The van der Waals surface area contributed by atoms with Gasteiger partial charge in [-0.05, 0) is 12.8 Å². The number of hydrogen-bond acceptors (Lipinski definition) is 1. The maximum atomic E-state index is 12.2. The highest BCUT2D eigenvalue weighted by Gasteiger charge is 2.15. The number of hydrogen-bond donors (Lipinski definition) is 0. The Labute approximate surface area is 179 Å². The maximum Gasteiger partial charge on any atom is 0.0808 e. The minimum Gasteiger partial charge on any atom is -0.633 e. The summed E-state index contributed by atoms with van der Waals surface area (Å²) in [6.45, 7) is 5.38. The first kappa shape index (κ1) is 27.9. The van der Waals surface area contributed by atoms with Gasteiger partial charge in [0.15, 0.2) is 0 Å². The molecule has 0 fully saturated rings. The second-order valence-electron chi connectivity index (χ2n) is 9.86. The molecule has 2 heteroatoms. The van der Waals surface area contributed by atoms with E-state index in [1.165, 1.54) is 128 Å². The van der Waals surface area contributed by atoms with Crippen LogP contribution in [0, 0.1) is 11.1 Å². The van der Waals surface area contributed by atoms with Crippen LogP contribution in [0.25, 0.3) is 0 Å². The lowest BCUT2D eigenvalue weighted by Crippen LogP contribution is -2.37. The van der Waals surface area contributed by atoms with E-state index in [4.69, 9.17) is 0 Å². The topological polar surface area (TPSA) is 23.1 Å². The molecule has 1 unspecified atom stereocenters. The van der Waals surface area contributed by atoms with Crippen LogP contribution in [0.1, 0.15) is 142 Å². The largest absolute Gasteiger partial charge is 0.633 e. The van der Waals surface area contributed by atoms with Gasteiger partial charge in [-0.25, -0.2) is 0 Å². The Bertz CT molecular complexity index is 297. The molecule has 0 rings (SSSR count). The Balaban J connectivity index is 3.71. The van der Waals surface area contributed by atoms with Crippen molar-refractivity contribution < 1.29 is 4.65 Å². The van der Waals surface area contributed by atoms with E-state index >= 15 is 0 Å². The van der Waals surface area contributed by atoms with Gasteiger partial charge in [-0.2, -0.15) is 0 Å². The van der Waals surface area contributed by atoms with Crippen LogP contribution in [0.2, 0.25) is 0 Å². The summed E-state index contributed by atoms with van der Waals surface area (Å²) in [7, 11) is 3.64. The summed E-state index contributed by atoms with van der Waals surface area (Å²) in [5.74, 6) is 0.640. The van der Waals surface area contributed by atoms with Gasteiger partial charge in [0, 0.05) is 5.92 Å². The monoisotopic (exact) mass is 397 g/mol. The first-order valence-electron chi connectivity index (χ1n) is 13.0. The van der Waals surface area contributed by atoms with Gasteiger partial charge in [0.1, 0.15) is 0 Å². The number of nitrogens with zero attached hydrogens (tertiary/aromatic N) is 1. The first-order chi connectivity index (χ1) is 13.5. The highest BCUT2D eigenvalue weighted by molar-refractivity contribution is 4.61. The van der Waals surface area contributed by atoms with Crippen molar-refractivity contribution in [3.05, 3.63) is 5.21 Å². The molecule has 0 aromatic rings. The number of unbranched alkanes of at least 4 members (excludes halogenated alkanes) is 16. The second kappa shape index (κ2) is 20.2. The molecule has 0 radical (unpaired) electrons. The average molecular weight is 398 g/mol. The van der Waals surface area contributed by atoms with E-state index in [1.54, 1.807) is 0 Å². The molecule has 0 heterocycles. The minimum absolute atomic E-state index is 0.112. The second-order valence-corrected chi connectivity index (χ2v) is 9.86. The summed E-state index contributed by atoms with van der Waals surface area (Å²) in [4.78, 5) is 0. The molecule has 0 aliphatic carbocycles. The fourth-order valence-corrected chi connectivity index (χ4v) is 4.44. The predicted octanol–water partition coefficient (Wildman–Crippen LogP) is 9.02. The third-order valence-corrected chi connectivity index (χ3v) is 6.13. The quantitative estimate of drug-likeness (QED) is 0.101. The van der Waals surface area contributed by atoms with Crippen LogP contribution in [-0.4, -0.2) is 25.3 Å². The van der Waals surface area contributed by atoms with Crippen molar-refractivity contribution in [3.63, 3.8) is 0 Å². The molecule has 0 aromatic heterocycles. The highest BCUT2D eigenvalue weighted by atomic mass is 16.5. The maximum absolute atomic E-state index is 12.2. The lowest BCUT2D eigenvalue weighted by Gasteiger charge is -2.37. The van der Waals surface area contributed by atoms with Crippen LogP contribution in [0.4, 0.5) is 0 Å². The molecular weight excluding hydrogens is 342 g/mol. The Morgan fingerprint density at radius 1 is 0.500 bits per heavy atom. The lowest BCUT2D eigenvalue weighted by atomic mass is 9.93. The van der Waals surface area contributed by atoms with E-state index in [0.29, 0.717) is 5.92 Å². The third kappa shape index (κ3) is 22.2. The van der Waals surface area contributed by atoms with Gasteiger partial charge in [-0.1, -0.05) is 129 Å². The SMILES string of the molecule is CCCCCCCCCCCCC(CCCCCCCCCC)C[N+](C)(C)[O-]. The van der Waals surface area contributed by atoms with E-state index in [2.05, 4.69) is 13.8 Å². The first-order valence-corrected chi connectivity index (χ1v) is 13.0. The molecule has 0 saturated carbocycles. The number of quaternary nitrogens is 1. The number of hydroxylamine groups is 3. The lowest BCUT2D eigenvalue weighted by molar-refractivity contribution is -0.843. The average Bonchev–Trinajstić information content (AvgIpc) is 2.64. The molecule has 0 amide bonds. The summed E-state index contributed by atoms with van der Waals surface area (Å²) in [6.07, 6.45) is 27.6. The van der Waals surface area contributed by atoms with Crippen molar-refractivity contribution >= 4 is 0 Å². The molecule has 28 heavy (non-hydrogen) atoms. The van der Waals surface area contributed by atoms with Crippen LogP contribution in [0.3, 0.4) is 0 Å². The molecule has 0 spiro atoms. The van der Waals surface area contributed by atoms with Crippen LogP contribution in [-0.2, 0) is 0 Å². The van der Waals surface area contributed by atoms with Gasteiger partial charge in [0.2, 0.25) is 0 Å². The Hall–Kier alpha value is -0.0800.